The molecule has 0 saturated heterocycles. The van der Waals surface area contributed by atoms with E-state index in [9.17, 15) is 0 Å². The highest BCUT2D eigenvalue weighted by Gasteiger charge is 2.05. The summed E-state index contributed by atoms with van der Waals surface area (Å²) in [7, 11) is 0. The van der Waals surface area contributed by atoms with E-state index in [1.54, 1.807) is 6.07 Å². The highest BCUT2D eigenvalue weighted by Crippen LogP contribution is 2.26. The van der Waals surface area contributed by atoms with Gasteiger partial charge < -0.3 is 10.1 Å². The predicted octanol–water partition coefficient (Wildman–Crippen LogP) is 5.64. The van der Waals surface area contributed by atoms with Gasteiger partial charge in [-0.25, -0.2) is 0 Å². The van der Waals surface area contributed by atoms with Crippen molar-refractivity contribution >= 4 is 28.9 Å². The number of anilines is 1. The Morgan fingerprint density at radius 1 is 1.05 bits per heavy atom. The molecule has 112 valence electrons. The Bertz CT molecular complexity index is 579. The lowest BCUT2D eigenvalue weighted by Crippen LogP contribution is -2.07. The van der Waals surface area contributed by atoms with E-state index in [0.29, 0.717) is 29.1 Å². The molecule has 0 atom stereocenters. The molecule has 0 amide bonds. The maximum atomic E-state index is 6.01. The van der Waals surface area contributed by atoms with Crippen LogP contribution in [0, 0.1) is 5.92 Å². The third-order valence-electron chi connectivity index (χ3n) is 2.86. The molecule has 1 N–H and O–H groups in total. The zero-order valence-corrected chi connectivity index (χ0v) is 13.7. The van der Waals surface area contributed by atoms with E-state index in [0.717, 1.165) is 17.0 Å². The van der Waals surface area contributed by atoms with Gasteiger partial charge in [-0.15, -0.1) is 0 Å². The van der Waals surface area contributed by atoms with Crippen LogP contribution in [0.2, 0.25) is 10.0 Å². The zero-order chi connectivity index (χ0) is 15.2. The molecule has 2 aromatic carbocycles. The summed E-state index contributed by atoms with van der Waals surface area (Å²) in [4.78, 5) is 0. The van der Waals surface area contributed by atoms with E-state index in [1.165, 1.54) is 0 Å². The van der Waals surface area contributed by atoms with E-state index in [2.05, 4.69) is 19.2 Å². The Labute approximate surface area is 136 Å². The summed E-state index contributed by atoms with van der Waals surface area (Å²) in [6, 6.07) is 13.5. The topological polar surface area (TPSA) is 21.3 Å². The largest absolute Gasteiger partial charge is 0.491 e. The average Bonchev–Trinajstić information content (AvgIpc) is 2.42. The summed E-state index contributed by atoms with van der Waals surface area (Å²) in [5.74, 6) is 1.35. The van der Waals surface area contributed by atoms with E-state index in [1.807, 2.05) is 36.4 Å². The van der Waals surface area contributed by atoms with Crippen LogP contribution in [-0.2, 0) is 6.54 Å². The van der Waals surface area contributed by atoms with Crippen molar-refractivity contribution in [3.05, 3.63) is 58.1 Å². The van der Waals surface area contributed by atoms with Crippen LogP contribution in [0.4, 0.5) is 5.69 Å². The molecule has 0 unspecified atom stereocenters. The molecule has 0 heterocycles. The van der Waals surface area contributed by atoms with Gasteiger partial charge in [-0.1, -0.05) is 49.2 Å². The van der Waals surface area contributed by atoms with Crippen molar-refractivity contribution in [1.29, 1.82) is 0 Å². The highest BCUT2D eigenvalue weighted by molar-refractivity contribution is 6.34. The Kier molecular flexibility index (Phi) is 5.77. The molecule has 4 heteroatoms. The van der Waals surface area contributed by atoms with Crippen molar-refractivity contribution in [2.45, 2.75) is 20.4 Å². The van der Waals surface area contributed by atoms with Crippen LogP contribution in [0.15, 0.2) is 42.5 Å². The molecule has 0 aliphatic heterocycles. The lowest BCUT2D eigenvalue weighted by molar-refractivity contribution is 0.272. The van der Waals surface area contributed by atoms with Gasteiger partial charge in [0.15, 0.2) is 0 Å². The van der Waals surface area contributed by atoms with Gasteiger partial charge in [0.25, 0.3) is 0 Å². The second-order valence-electron chi connectivity index (χ2n) is 5.33. The van der Waals surface area contributed by atoms with Gasteiger partial charge in [-0.05, 0) is 41.8 Å². The number of benzene rings is 2. The van der Waals surface area contributed by atoms with Gasteiger partial charge in [-0.2, -0.15) is 0 Å². The fourth-order valence-corrected chi connectivity index (χ4v) is 2.48. The minimum absolute atomic E-state index is 0.491. The third-order valence-corrected chi connectivity index (χ3v) is 3.30. The van der Waals surface area contributed by atoms with Crippen LogP contribution in [-0.4, -0.2) is 6.61 Å². The molecule has 2 aromatic rings. The fraction of sp³-hybridized carbons (Fsp3) is 0.294. The normalized spacial score (nSPS) is 10.7. The molecule has 2 nitrogen and oxygen atoms in total. The van der Waals surface area contributed by atoms with Gasteiger partial charge in [0, 0.05) is 16.6 Å². The van der Waals surface area contributed by atoms with E-state index in [4.69, 9.17) is 27.9 Å². The molecule has 0 spiro atoms. The quantitative estimate of drug-likeness (QED) is 0.742. The van der Waals surface area contributed by atoms with Crippen molar-refractivity contribution in [3.8, 4) is 5.75 Å². The Morgan fingerprint density at radius 3 is 2.38 bits per heavy atom. The molecule has 0 aromatic heterocycles. The number of ether oxygens (including phenoxy) is 1. The molecular formula is C17H19Cl2NO. The molecule has 0 radical (unpaired) electrons. The first-order valence-corrected chi connectivity index (χ1v) is 7.71. The molecule has 2 rings (SSSR count). The number of hydrogen-bond donors (Lipinski definition) is 1. The molecule has 21 heavy (non-hydrogen) atoms. The van der Waals surface area contributed by atoms with E-state index in [-0.39, 0.29) is 0 Å². The number of halogens is 2. The number of rotatable bonds is 6. The maximum absolute atomic E-state index is 6.01. The summed E-state index contributed by atoms with van der Waals surface area (Å²) in [5, 5.41) is 4.65. The van der Waals surface area contributed by atoms with Gasteiger partial charge >= 0.3 is 0 Å². The first-order valence-electron chi connectivity index (χ1n) is 6.95. The molecular weight excluding hydrogens is 305 g/mol. The van der Waals surface area contributed by atoms with Crippen LogP contribution in [0.25, 0.3) is 0 Å². The van der Waals surface area contributed by atoms with E-state index >= 15 is 0 Å². The average molecular weight is 324 g/mol. The number of hydrogen-bond acceptors (Lipinski definition) is 2. The van der Waals surface area contributed by atoms with E-state index < -0.39 is 0 Å². The lowest BCUT2D eigenvalue weighted by Gasteiger charge is -2.14. The smallest absolute Gasteiger partial charge is 0.142 e. The SMILES string of the molecule is CC(C)COc1ccccc1NCc1cc(Cl)cc(Cl)c1. The van der Waals surface area contributed by atoms with Crippen molar-refractivity contribution in [3.63, 3.8) is 0 Å². The van der Waals surface area contributed by atoms with Crippen LogP contribution in [0.3, 0.4) is 0 Å². The second kappa shape index (κ2) is 7.58. The van der Waals surface area contributed by atoms with Crippen LogP contribution in [0.1, 0.15) is 19.4 Å². The second-order valence-corrected chi connectivity index (χ2v) is 6.21. The summed E-state index contributed by atoms with van der Waals surface area (Å²) in [5.41, 5.74) is 2.00. The monoisotopic (exact) mass is 323 g/mol. The van der Waals surface area contributed by atoms with Gasteiger partial charge in [0.2, 0.25) is 0 Å². The third kappa shape index (κ3) is 5.14. The molecule has 0 bridgehead atoms. The first kappa shape index (κ1) is 16.0. The summed E-state index contributed by atoms with van der Waals surface area (Å²) in [6.45, 7) is 5.60. The van der Waals surface area contributed by atoms with Crippen molar-refractivity contribution in [2.75, 3.05) is 11.9 Å². The molecule has 0 fully saturated rings. The lowest BCUT2D eigenvalue weighted by atomic mass is 10.2. The van der Waals surface area contributed by atoms with Crippen LogP contribution >= 0.6 is 23.2 Å². The molecule has 0 aliphatic carbocycles. The Hall–Kier alpha value is -1.38. The first-order chi connectivity index (χ1) is 10.0. The minimum Gasteiger partial charge on any atom is -0.491 e. The summed E-state index contributed by atoms with van der Waals surface area (Å²) < 4.78 is 5.82. The van der Waals surface area contributed by atoms with Gasteiger partial charge in [-0.3, -0.25) is 0 Å². The van der Waals surface area contributed by atoms with Gasteiger partial charge in [0.1, 0.15) is 5.75 Å². The zero-order valence-electron chi connectivity index (χ0n) is 12.2. The molecule has 0 aliphatic rings. The summed E-state index contributed by atoms with van der Waals surface area (Å²) in [6.07, 6.45) is 0. The van der Waals surface area contributed by atoms with Crippen molar-refractivity contribution in [1.82, 2.24) is 0 Å². The van der Waals surface area contributed by atoms with Crippen molar-refractivity contribution < 1.29 is 4.74 Å². The standard InChI is InChI=1S/C17H19Cl2NO/c1-12(2)11-21-17-6-4-3-5-16(17)20-10-13-7-14(18)9-15(19)8-13/h3-9,12,20H,10-11H2,1-2H3. The maximum Gasteiger partial charge on any atom is 0.142 e. The minimum atomic E-state index is 0.491. The highest BCUT2D eigenvalue weighted by atomic mass is 35.5. The molecule has 0 saturated carbocycles. The Morgan fingerprint density at radius 2 is 1.71 bits per heavy atom. The van der Waals surface area contributed by atoms with Crippen LogP contribution < -0.4 is 10.1 Å². The Balaban J connectivity index is 2.05. The number of para-hydroxylation sites is 2. The van der Waals surface area contributed by atoms with Crippen LogP contribution in [0.5, 0.6) is 5.75 Å². The van der Waals surface area contributed by atoms with Crippen molar-refractivity contribution in [2.24, 2.45) is 5.92 Å². The van der Waals surface area contributed by atoms with Gasteiger partial charge in [0.05, 0.1) is 12.3 Å². The predicted molar refractivity (Wildman–Crippen MR) is 90.6 cm³/mol. The number of nitrogens with one attached hydrogen (secondary N) is 1. The summed E-state index contributed by atoms with van der Waals surface area (Å²) >= 11 is 12.0. The fourth-order valence-electron chi connectivity index (χ4n) is 1.91.